The zero-order chi connectivity index (χ0) is 13.9. The third-order valence-electron chi connectivity index (χ3n) is 3.85. The fourth-order valence-electron chi connectivity index (χ4n) is 2.71. The van der Waals surface area contributed by atoms with Gasteiger partial charge < -0.3 is 10.3 Å². The van der Waals surface area contributed by atoms with E-state index in [0.717, 1.165) is 12.8 Å². The zero-order valence-electron chi connectivity index (χ0n) is 11.1. The molecule has 0 saturated heterocycles. The van der Waals surface area contributed by atoms with Gasteiger partial charge in [-0.15, -0.1) is 0 Å². The minimum atomic E-state index is -0.195. The summed E-state index contributed by atoms with van der Waals surface area (Å²) in [5, 5.41) is 4.46. The summed E-state index contributed by atoms with van der Waals surface area (Å²) in [5.74, 6) is 1.31. The van der Waals surface area contributed by atoms with E-state index in [0.29, 0.717) is 28.3 Å². The summed E-state index contributed by atoms with van der Waals surface area (Å²) in [6.07, 6.45) is 7.66. The summed E-state index contributed by atoms with van der Waals surface area (Å²) in [6, 6.07) is 3.32. The molecule has 2 N–H and O–H groups in total. The van der Waals surface area contributed by atoms with Gasteiger partial charge in [0.05, 0.1) is 11.1 Å². The van der Waals surface area contributed by atoms with E-state index < -0.39 is 0 Å². The molecule has 0 bridgehead atoms. The van der Waals surface area contributed by atoms with Gasteiger partial charge in [-0.1, -0.05) is 36.0 Å². The van der Waals surface area contributed by atoms with Crippen LogP contribution in [0.2, 0.25) is 5.02 Å². The van der Waals surface area contributed by atoms with Crippen molar-refractivity contribution in [2.24, 2.45) is 11.7 Å². The van der Waals surface area contributed by atoms with Crippen molar-refractivity contribution in [2.45, 2.75) is 38.1 Å². The standard InChI is InChI=1S/C14H17ClN4O/c15-10-7-4-8-17-12(10)13-18-14(20-19-13)11(16)9-5-2-1-3-6-9/h4,7-9,11H,1-3,5-6,16H2. The fraction of sp³-hybridized carbons (Fsp3) is 0.500. The van der Waals surface area contributed by atoms with E-state index in [2.05, 4.69) is 15.1 Å². The van der Waals surface area contributed by atoms with Crippen molar-refractivity contribution in [3.05, 3.63) is 29.2 Å². The third kappa shape index (κ3) is 2.69. The third-order valence-corrected chi connectivity index (χ3v) is 4.16. The Morgan fingerprint density at radius 3 is 2.85 bits per heavy atom. The topological polar surface area (TPSA) is 77.8 Å². The normalized spacial score (nSPS) is 18.1. The fourth-order valence-corrected chi connectivity index (χ4v) is 2.92. The van der Waals surface area contributed by atoms with Crippen molar-refractivity contribution in [2.75, 3.05) is 0 Å². The van der Waals surface area contributed by atoms with Crippen molar-refractivity contribution >= 4 is 11.6 Å². The molecule has 0 aliphatic heterocycles. The van der Waals surface area contributed by atoms with Crippen molar-refractivity contribution in [1.82, 2.24) is 15.1 Å². The van der Waals surface area contributed by atoms with E-state index in [4.69, 9.17) is 21.9 Å². The number of hydrogen-bond acceptors (Lipinski definition) is 5. The van der Waals surface area contributed by atoms with Crippen LogP contribution in [0.5, 0.6) is 0 Å². The Kier molecular flexibility index (Phi) is 3.98. The number of nitrogens with two attached hydrogens (primary N) is 1. The highest BCUT2D eigenvalue weighted by atomic mass is 35.5. The second-order valence-corrected chi connectivity index (χ2v) is 5.62. The molecule has 5 nitrogen and oxygen atoms in total. The van der Waals surface area contributed by atoms with E-state index in [9.17, 15) is 0 Å². The molecule has 1 atom stereocenters. The van der Waals surface area contributed by atoms with Crippen LogP contribution in [0.1, 0.15) is 44.0 Å². The minimum absolute atomic E-state index is 0.195. The molecule has 20 heavy (non-hydrogen) atoms. The van der Waals surface area contributed by atoms with E-state index >= 15 is 0 Å². The Morgan fingerprint density at radius 1 is 1.30 bits per heavy atom. The number of hydrogen-bond donors (Lipinski definition) is 1. The van der Waals surface area contributed by atoms with Gasteiger partial charge in [-0.2, -0.15) is 4.98 Å². The van der Waals surface area contributed by atoms with Crippen molar-refractivity contribution < 1.29 is 4.52 Å². The highest BCUT2D eigenvalue weighted by molar-refractivity contribution is 6.32. The lowest BCUT2D eigenvalue weighted by molar-refractivity contribution is 0.255. The molecule has 1 aliphatic rings. The second-order valence-electron chi connectivity index (χ2n) is 5.21. The molecule has 1 unspecified atom stereocenters. The molecule has 106 valence electrons. The van der Waals surface area contributed by atoms with Gasteiger partial charge in [0, 0.05) is 6.20 Å². The Labute approximate surface area is 122 Å². The highest BCUT2D eigenvalue weighted by Gasteiger charge is 2.26. The van der Waals surface area contributed by atoms with E-state index in [1.54, 1.807) is 18.3 Å². The minimum Gasteiger partial charge on any atom is -0.337 e. The van der Waals surface area contributed by atoms with Crippen LogP contribution in [-0.4, -0.2) is 15.1 Å². The maximum Gasteiger partial charge on any atom is 0.244 e. The van der Waals surface area contributed by atoms with Gasteiger partial charge in [0.25, 0.3) is 0 Å². The van der Waals surface area contributed by atoms with Crippen LogP contribution in [0.4, 0.5) is 0 Å². The molecule has 0 spiro atoms. The molecule has 2 aromatic rings. The van der Waals surface area contributed by atoms with Crippen LogP contribution in [0.15, 0.2) is 22.9 Å². The maximum atomic E-state index is 6.25. The molecule has 6 heteroatoms. The zero-order valence-corrected chi connectivity index (χ0v) is 11.9. The smallest absolute Gasteiger partial charge is 0.244 e. The molecule has 2 aromatic heterocycles. The van der Waals surface area contributed by atoms with Gasteiger partial charge in [-0.3, -0.25) is 4.98 Å². The lowest BCUT2D eigenvalue weighted by Gasteiger charge is -2.24. The average Bonchev–Trinajstić information content (AvgIpc) is 2.97. The Balaban J connectivity index is 1.81. The number of nitrogens with zero attached hydrogens (tertiary/aromatic N) is 3. The quantitative estimate of drug-likeness (QED) is 0.938. The van der Waals surface area contributed by atoms with Crippen molar-refractivity contribution in [3.8, 4) is 11.5 Å². The number of pyridine rings is 1. The SMILES string of the molecule is NC(c1nc(-c2ncccc2Cl)no1)C1CCCCC1. The molecule has 1 saturated carbocycles. The van der Waals surface area contributed by atoms with Gasteiger partial charge >= 0.3 is 0 Å². The molecule has 3 rings (SSSR count). The molecule has 0 amide bonds. The second kappa shape index (κ2) is 5.89. The maximum absolute atomic E-state index is 6.25. The van der Waals surface area contributed by atoms with Crippen molar-refractivity contribution in [1.29, 1.82) is 0 Å². The number of aromatic nitrogens is 3. The molecule has 0 aromatic carbocycles. The Morgan fingerprint density at radius 2 is 2.10 bits per heavy atom. The van der Waals surface area contributed by atoms with Crippen LogP contribution in [0.25, 0.3) is 11.5 Å². The van der Waals surface area contributed by atoms with E-state index in [1.165, 1.54) is 19.3 Å². The summed E-state index contributed by atoms with van der Waals surface area (Å²) in [5.41, 5.74) is 6.78. The number of halogens is 1. The first-order chi connectivity index (χ1) is 9.75. The number of rotatable bonds is 3. The molecular formula is C14H17ClN4O. The van der Waals surface area contributed by atoms with E-state index in [-0.39, 0.29) is 6.04 Å². The monoisotopic (exact) mass is 292 g/mol. The first-order valence-corrected chi connectivity index (χ1v) is 7.33. The van der Waals surface area contributed by atoms with Gasteiger partial charge in [-0.25, -0.2) is 0 Å². The summed E-state index contributed by atoms with van der Waals surface area (Å²) >= 11 is 6.08. The first kappa shape index (κ1) is 13.5. The highest BCUT2D eigenvalue weighted by Crippen LogP contribution is 2.33. The Bertz CT molecular complexity index is 580. The lowest BCUT2D eigenvalue weighted by Crippen LogP contribution is -2.23. The van der Waals surface area contributed by atoms with E-state index in [1.807, 2.05) is 0 Å². The summed E-state index contributed by atoms with van der Waals surface area (Å²) < 4.78 is 5.30. The van der Waals surface area contributed by atoms with Crippen molar-refractivity contribution in [3.63, 3.8) is 0 Å². The van der Waals surface area contributed by atoms with Crippen LogP contribution >= 0.6 is 11.6 Å². The average molecular weight is 293 g/mol. The Hall–Kier alpha value is -1.46. The van der Waals surface area contributed by atoms with Gasteiger partial charge in [0.1, 0.15) is 5.69 Å². The predicted octanol–water partition coefficient (Wildman–Crippen LogP) is 3.37. The van der Waals surface area contributed by atoms with Crippen LogP contribution < -0.4 is 5.73 Å². The summed E-state index contributed by atoms with van der Waals surface area (Å²) in [4.78, 5) is 8.54. The first-order valence-electron chi connectivity index (χ1n) is 6.96. The van der Waals surface area contributed by atoms with Gasteiger partial charge in [0.2, 0.25) is 11.7 Å². The molecular weight excluding hydrogens is 276 g/mol. The van der Waals surface area contributed by atoms with Gasteiger partial charge in [-0.05, 0) is 30.9 Å². The molecule has 1 aliphatic carbocycles. The predicted molar refractivity (Wildman–Crippen MR) is 76.0 cm³/mol. The lowest BCUT2D eigenvalue weighted by atomic mass is 9.84. The van der Waals surface area contributed by atoms with Crippen LogP contribution in [-0.2, 0) is 0 Å². The summed E-state index contributed by atoms with van der Waals surface area (Å²) in [7, 11) is 0. The van der Waals surface area contributed by atoms with Gasteiger partial charge in [0.15, 0.2) is 0 Å². The largest absolute Gasteiger partial charge is 0.337 e. The van der Waals surface area contributed by atoms with Crippen LogP contribution in [0.3, 0.4) is 0 Å². The summed E-state index contributed by atoms with van der Waals surface area (Å²) in [6.45, 7) is 0. The molecule has 2 heterocycles. The molecule has 0 radical (unpaired) electrons. The molecule has 1 fully saturated rings. The van der Waals surface area contributed by atoms with Crippen LogP contribution in [0, 0.1) is 5.92 Å².